The van der Waals surface area contributed by atoms with Crippen molar-refractivity contribution in [2.45, 2.75) is 18.7 Å². The Morgan fingerprint density at radius 3 is 2.37 bits per heavy atom. The van der Waals surface area contributed by atoms with E-state index in [1.807, 2.05) is 26.0 Å². The maximum absolute atomic E-state index is 12.9. The number of carbonyl (C=O) groups excluding carboxylic acids is 1. The number of hydrogen-bond donors (Lipinski definition) is 1. The number of sulfonamides is 1. The van der Waals surface area contributed by atoms with E-state index in [4.69, 9.17) is 9.47 Å². The van der Waals surface area contributed by atoms with Gasteiger partial charge in [0.05, 0.1) is 20.8 Å². The minimum Gasteiger partial charge on any atom is -0.497 e. The number of rotatable bonds is 7. The first-order valence-electron chi connectivity index (χ1n) is 8.24. The summed E-state index contributed by atoms with van der Waals surface area (Å²) in [5.41, 5.74) is 2.63. The molecule has 1 N–H and O–H groups in total. The zero-order valence-electron chi connectivity index (χ0n) is 16.1. The van der Waals surface area contributed by atoms with Crippen molar-refractivity contribution >= 4 is 21.6 Å². The number of hydrogen-bond acceptors (Lipinski definition) is 5. The van der Waals surface area contributed by atoms with Crippen molar-refractivity contribution in [3.05, 3.63) is 47.5 Å². The Morgan fingerprint density at radius 2 is 1.78 bits per heavy atom. The molecule has 7 nitrogen and oxygen atoms in total. The molecule has 0 aliphatic heterocycles. The quantitative estimate of drug-likeness (QED) is 0.783. The van der Waals surface area contributed by atoms with Crippen LogP contribution in [0.4, 0.5) is 5.69 Å². The van der Waals surface area contributed by atoms with Gasteiger partial charge in [-0.2, -0.15) is 4.31 Å². The van der Waals surface area contributed by atoms with E-state index in [0.717, 1.165) is 15.4 Å². The maximum atomic E-state index is 12.9. The van der Waals surface area contributed by atoms with Gasteiger partial charge in [0.1, 0.15) is 16.4 Å². The number of ether oxygens (including phenoxy) is 2. The second kappa shape index (κ2) is 8.41. The van der Waals surface area contributed by atoms with Crippen LogP contribution in [-0.2, 0) is 14.8 Å². The molecule has 0 saturated heterocycles. The molecular formula is C19H24N2O5S. The number of likely N-dealkylation sites (N-methyl/N-ethyl adjacent to an activating group) is 1. The Kier molecular flexibility index (Phi) is 6.45. The molecule has 0 aliphatic carbocycles. The van der Waals surface area contributed by atoms with Gasteiger partial charge in [0, 0.05) is 18.8 Å². The number of amides is 1. The summed E-state index contributed by atoms with van der Waals surface area (Å²) >= 11 is 0. The maximum Gasteiger partial charge on any atom is 0.247 e. The predicted molar refractivity (Wildman–Crippen MR) is 104 cm³/mol. The van der Waals surface area contributed by atoms with E-state index in [2.05, 4.69) is 5.32 Å². The number of anilines is 1. The third-order valence-corrected chi connectivity index (χ3v) is 5.91. The number of carbonyl (C=O) groups is 1. The lowest BCUT2D eigenvalue weighted by Gasteiger charge is -2.19. The van der Waals surface area contributed by atoms with Crippen LogP contribution in [0.1, 0.15) is 11.1 Å². The molecule has 0 heterocycles. The highest BCUT2D eigenvalue weighted by Gasteiger charge is 2.27. The minimum atomic E-state index is -3.95. The minimum absolute atomic E-state index is 0.0637. The van der Waals surface area contributed by atoms with Crippen molar-refractivity contribution in [2.24, 2.45) is 0 Å². The lowest BCUT2D eigenvalue weighted by Crippen LogP contribution is -2.35. The molecule has 0 fully saturated rings. The van der Waals surface area contributed by atoms with Gasteiger partial charge in [-0.15, -0.1) is 0 Å². The van der Waals surface area contributed by atoms with Crippen molar-refractivity contribution in [3.8, 4) is 11.5 Å². The van der Waals surface area contributed by atoms with Crippen molar-refractivity contribution in [3.63, 3.8) is 0 Å². The van der Waals surface area contributed by atoms with E-state index < -0.39 is 15.9 Å². The molecule has 146 valence electrons. The summed E-state index contributed by atoms with van der Waals surface area (Å²) in [7, 11) is 0.218. The molecule has 8 heteroatoms. The molecule has 0 aliphatic rings. The molecule has 27 heavy (non-hydrogen) atoms. The average Bonchev–Trinajstić information content (AvgIpc) is 2.63. The monoisotopic (exact) mass is 392 g/mol. The molecule has 0 unspecified atom stereocenters. The summed E-state index contributed by atoms with van der Waals surface area (Å²) in [6.45, 7) is 3.50. The summed E-state index contributed by atoms with van der Waals surface area (Å²) in [6.07, 6.45) is 0. The van der Waals surface area contributed by atoms with Gasteiger partial charge in [0.25, 0.3) is 0 Å². The Morgan fingerprint density at radius 1 is 1.07 bits per heavy atom. The standard InChI is InChI=1S/C19H24N2O5S/c1-13-6-8-16(14(2)10-13)20-19(22)12-21(3)27(23,24)18-11-15(25-4)7-9-17(18)26-5/h6-11H,12H2,1-5H3,(H,20,22). The number of nitrogens with one attached hydrogen (secondary N) is 1. The van der Waals surface area contributed by atoms with Gasteiger partial charge in [0.15, 0.2) is 0 Å². The lowest BCUT2D eigenvalue weighted by atomic mass is 10.1. The second-order valence-corrected chi connectivity index (χ2v) is 8.16. The van der Waals surface area contributed by atoms with E-state index in [9.17, 15) is 13.2 Å². The van der Waals surface area contributed by atoms with Gasteiger partial charge >= 0.3 is 0 Å². The second-order valence-electron chi connectivity index (χ2n) is 6.14. The van der Waals surface area contributed by atoms with Crippen LogP contribution in [0, 0.1) is 13.8 Å². The van der Waals surface area contributed by atoms with E-state index >= 15 is 0 Å². The predicted octanol–water partition coefficient (Wildman–Crippen LogP) is 2.58. The molecule has 0 atom stereocenters. The number of methoxy groups -OCH3 is 2. The Labute approximate surface area is 160 Å². The van der Waals surface area contributed by atoms with Gasteiger partial charge in [-0.25, -0.2) is 8.42 Å². The largest absolute Gasteiger partial charge is 0.497 e. The van der Waals surface area contributed by atoms with E-state index in [1.54, 1.807) is 12.1 Å². The topological polar surface area (TPSA) is 84.9 Å². The summed E-state index contributed by atoms with van der Waals surface area (Å²) in [4.78, 5) is 12.3. The van der Waals surface area contributed by atoms with Gasteiger partial charge in [0.2, 0.25) is 15.9 Å². The Bertz CT molecular complexity index is 941. The highest BCUT2D eigenvalue weighted by molar-refractivity contribution is 7.89. The molecule has 2 aromatic rings. The third kappa shape index (κ3) is 4.78. The van der Waals surface area contributed by atoms with Crippen LogP contribution in [-0.4, -0.2) is 46.4 Å². The SMILES string of the molecule is COc1ccc(OC)c(S(=O)(=O)N(C)CC(=O)Nc2ccc(C)cc2C)c1. The first kappa shape index (κ1) is 20.7. The molecule has 0 aromatic heterocycles. The average molecular weight is 392 g/mol. The smallest absolute Gasteiger partial charge is 0.247 e. The molecule has 0 radical (unpaired) electrons. The van der Waals surface area contributed by atoms with E-state index in [-0.39, 0.29) is 17.2 Å². The van der Waals surface area contributed by atoms with Gasteiger partial charge < -0.3 is 14.8 Å². The fourth-order valence-electron chi connectivity index (χ4n) is 2.58. The van der Waals surface area contributed by atoms with Crippen LogP contribution in [0.2, 0.25) is 0 Å². The van der Waals surface area contributed by atoms with Gasteiger partial charge in [-0.05, 0) is 37.6 Å². The van der Waals surface area contributed by atoms with Crippen LogP contribution in [0.15, 0.2) is 41.3 Å². The van der Waals surface area contributed by atoms with Crippen LogP contribution in [0.5, 0.6) is 11.5 Å². The van der Waals surface area contributed by atoms with Crippen LogP contribution >= 0.6 is 0 Å². The van der Waals surface area contributed by atoms with Crippen LogP contribution in [0.25, 0.3) is 0 Å². The van der Waals surface area contributed by atoms with E-state index in [1.165, 1.54) is 33.4 Å². The fraction of sp³-hybridized carbons (Fsp3) is 0.316. The lowest BCUT2D eigenvalue weighted by molar-refractivity contribution is -0.116. The van der Waals surface area contributed by atoms with Crippen LogP contribution in [0.3, 0.4) is 0 Å². The molecule has 0 spiro atoms. The number of nitrogens with zero attached hydrogens (tertiary/aromatic N) is 1. The highest BCUT2D eigenvalue weighted by Crippen LogP contribution is 2.30. The normalized spacial score (nSPS) is 11.3. The van der Waals surface area contributed by atoms with E-state index in [0.29, 0.717) is 11.4 Å². The van der Waals surface area contributed by atoms with Crippen LogP contribution < -0.4 is 14.8 Å². The van der Waals surface area contributed by atoms with Crippen molar-refractivity contribution in [1.29, 1.82) is 0 Å². The molecular weight excluding hydrogens is 368 g/mol. The highest BCUT2D eigenvalue weighted by atomic mass is 32.2. The molecule has 1 amide bonds. The van der Waals surface area contributed by atoms with Gasteiger partial charge in [-0.3, -0.25) is 4.79 Å². The van der Waals surface area contributed by atoms with Crippen molar-refractivity contribution < 1.29 is 22.7 Å². The number of aryl methyl sites for hydroxylation is 2. The summed E-state index contributed by atoms with van der Waals surface area (Å²) in [5, 5.41) is 2.74. The summed E-state index contributed by atoms with van der Waals surface area (Å²) < 4.78 is 37.0. The zero-order valence-corrected chi connectivity index (χ0v) is 16.9. The summed E-state index contributed by atoms with van der Waals surface area (Å²) in [5.74, 6) is 0.120. The molecule has 2 aromatic carbocycles. The first-order chi connectivity index (χ1) is 12.7. The fourth-order valence-corrected chi connectivity index (χ4v) is 3.88. The zero-order chi connectivity index (χ0) is 20.2. The molecule has 0 saturated carbocycles. The number of benzene rings is 2. The first-order valence-corrected chi connectivity index (χ1v) is 9.68. The molecule has 0 bridgehead atoms. The van der Waals surface area contributed by atoms with Gasteiger partial charge in [-0.1, -0.05) is 17.7 Å². The Hall–Kier alpha value is -2.58. The van der Waals surface area contributed by atoms with Crippen molar-refractivity contribution in [2.75, 3.05) is 33.1 Å². The molecule has 2 rings (SSSR count). The summed E-state index contributed by atoms with van der Waals surface area (Å²) in [6, 6.07) is 10.1. The third-order valence-electron chi connectivity index (χ3n) is 4.08. The van der Waals surface area contributed by atoms with Crippen molar-refractivity contribution in [1.82, 2.24) is 4.31 Å². The Balaban J connectivity index is 2.21.